The van der Waals surface area contributed by atoms with Gasteiger partial charge in [-0.1, -0.05) is 13.0 Å². The Kier molecular flexibility index (Phi) is 2.04. The van der Waals surface area contributed by atoms with Crippen LogP contribution in [0.3, 0.4) is 0 Å². The van der Waals surface area contributed by atoms with Crippen molar-refractivity contribution in [3.05, 3.63) is 27.5 Å². The van der Waals surface area contributed by atoms with E-state index in [-0.39, 0.29) is 0 Å². The summed E-state index contributed by atoms with van der Waals surface area (Å²) in [5, 5.41) is 8.36. The number of fused-ring (bicyclic) bond motifs is 1. The normalized spacial score (nSPS) is 10.8. The van der Waals surface area contributed by atoms with E-state index in [2.05, 4.69) is 57.9 Å². The van der Waals surface area contributed by atoms with Crippen LogP contribution in [0.5, 0.6) is 0 Å². The second kappa shape index (κ2) is 3.05. The van der Waals surface area contributed by atoms with Gasteiger partial charge in [0.15, 0.2) is 0 Å². The number of hydrogen-bond acceptors (Lipinski definition) is 1. The third kappa shape index (κ3) is 1.22. The van der Waals surface area contributed by atoms with Gasteiger partial charge in [0.1, 0.15) is 3.70 Å². The Balaban J connectivity index is 2.71. The van der Waals surface area contributed by atoms with Crippen LogP contribution in [0.25, 0.3) is 10.9 Å². The lowest BCUT2D eigenvalue weighted by molar-refractivity contribution is 1.09. The van der Waals surface area contributed by atoms with Gasteiger partial charge in [0.05, 0.1) is 5.52 Å². The number of aromatic nitrogens is 2. The third-order valence-corrected chi connectivity index (χ3v) is 2.80. The zero-order valence-electron chi connectivity index (χ0n) is 6.76. The molecule has 0 saturated carbocycles. The minimum Gasteiger partial charge on any atom is -0.271 e. The molecule has 1 aromatic carbocycles. The topological polar surface area (TPSA) is 28.7 Å². The van der Waals surface area contributed by atoms with Gasteiger partial charge in [-0.3, -0.25) is 5.10 Å². The lowest BCUT2D eigenvalue weighted by atomic mass is 10.1. The Bertz CT molecular complexity index is 406. The van der Waals surface area contributed by atoms with Crippen LogP contribution >= 0.6 is 22.6 Å². The van der Waals surface area contributed by atoms with Crippen LogP contribution in [0.15, 0.2) is 18.2 Å². The molecule has 12 heavy (non-hydrogen) atoms. The van der Waals surface area contributed by atoms with Gasteiger partial charge in [-0.05, 0) is 46.7 Å². The summed E-state index contributed by atoms with van der Waals surface area (Å²) in [5.41, 5.74) is 2.42. The number of halogens is 1. The van der Waals surface area contributed by atoms with Gasteiger partial charge in [0.25, 0.3) is 0 Å². The predicted molar refractivity (Wildman–Crippen MR) is 58.2 cm³/mol. The van der Waals surface area contributed by atoms with Crippen molar-refractivity contribution in [1.29, 1.82) is 0 Å². The molecule has 1 aromatic heterocycles. The summed E-state index contributed by atoms with van der Waals surface area (Å²) < 4.78 is 1.12. The highest BCUT2D eigenvalue weighted by Crippen LogP contribution is 2.18. The molecular formula is C9H9IN2. The van der Waals surface area contributed by atoms with Crippen LogP contribution in [0.1, 0.15) is 12.5 Å². The number of benzene rings is 1. The van der Waals surface area contributed by atoms with E-state index in [4.69, 9.17) is 0 Å². The SMILES string of the molecule is CCc1ccc2n[nH]c(I)c2c1. The molecule has 0 unspecified atom stereocenters. The summed E-state index contributed by atoms with van der Waals surface area (Å²) in [4.78, 5) is 0. The van der Waals surface area contributed by atoms with E-state index >= 15 is 0 Å². The smallest absolute Gasteiger partial charge is 0.104 e. The van der Waals surface area contributed by atoms with Crippen molar-refractivity contribution in [2.45, 2.75) is 13.3 Å². The van der Waals surface area contributed by atoms with Gasteiger partial charge in [-0.25, -0.2) is 0 Å². The Labute approximate surface area is 84.5 Å². The van der Waals surface area contributed by atoms with Crippen molar-refractivity contribution in [3.63, 3.8) is 0 Å². The van der Waals surface area contributed by atoms with Crippen molar-refractivity contribution >= 4 is 33.5 Å². The number of rotatable bonds is 1. The second-order valence-electron chi connectivity index (χ2n) is 2.74. The first kappa shape index (κ1) is 8.04. The number of nitrogens with zero attached hydrogens (tertiary/aromatic N) is 1. The highest BCUT2D eigenvalue weighted by Gasteiger charge is 2.01. The Morgan fingerprint density at radius 3 is 3.08 bits per heavy atom. The molecule has 0 amide bonds. The van der Waals surface area contributed by atoms with Crippen LogP contribution in [0, 0.1) is 3.70 Å². The van der Waals surface area contributed by atoms with Crippen LogP contribution in [0.4, 0.5) is 0 Å². The quantitative estimate of drug-likeness (QED) is 0.794. The molecule has 3 heteroatoms. The van der Waals surface area contributed by atoms with E-state index in [1.807, 2.05) is 0 Å². The molecule has 1 heterocycles. The zero-order chi connectivity index (χ0) is 8.55. The minimum absolute atomic E-state index is 1.05. The molecular weight excluding hydrogens is 263 g/mol. The lowest BCUT2D eigenvalue weighted by Crippen LogP contribution is -1.78. The molecule has 2 nitrogen and oxygen atoms in total. The van der Waals surface area contributed by atoms with E-state index in [1.165, 1.54) is 10.9 Å². The maximum atomic E-state index is 4.16. The molecule has 2 rings (SSSR count). The lowest BCUT2D eigenvalue weighted by Gasteiger charge is -1.94. The highest BCUT2D eigenvalue weighted by atomic mass is 127. The highest BCUT2D eigenvalue weighted by molar-refractivity contribution is 14.1. The molecule has 0 atom stereocenters. The fraction of sp³-hybridized carbons (Fsp3) is 0.222. The van der Waals surface area contributed by atoms with Gasteiger partial charge in [0.2, 0.25) is 0 Å². The van der Waals surface area contributed by atoms with Crippen molar-refractivity contribution in [3.8, 4) is 0 Å². The molecule has 0 aliphatic heterocycles. The van der Waals surface area contributed by atoms with Crippen LogP contribution in [-0.2, 0) is 6.42 Å². The first-order valence-electron chi connectivity index (χ1n) is 3.93. The van der Waals surface area contributed by atoms with Gasteiger partial charge in [-0.15, -0.1) is 0 Å². The first-order valence-corrected chi connectivity index (χ1v) is 5.01. The number of aromatic amines is 1. The van der Waals surface area contributed by atoms with E-state index < -0.39 is 0 Å². The minimum atomic E-state index is 1.05. The summed E-state index contributed by atoms with van der Waals surface area (Å²) in [5.74, 6) is 0. The largest absolute Gasteiger partial charge is 0.271 e. The van der Waals surface area contributed by atoms with E-state index in [0.29, 0.717) is 0 Å². The second-order valence-corrected chi connectivity index (χ2v) is 3.82. The monoisotopic (exact) mass is 272 g/mol. The summed E-state index contributed by atoms with van der Waals surface area (Å²) in [7, 11) is 0. The van der Waals surface area contributed by atoms with E-state index in [9.17, 15) is 0 Å². The van der Waals surface area contributed by atoms with Crippen molar-refractivity contribution in [1.82, 2.24) is 10.2 Å². The number of hydrogen-bond donors (Lipinski definition) is 1. The molecule has 0 radical (unpaired) electrons. The number of H-pyrrole nitrogens is 1. The molecule has 2 aromatic rings. The molecule has 62 valence electrons. The molecule has 0 fully saturated rings. The van der Waals surface area contributed by atoms with Crippen molar-refractivity contribution in [2.75, 3.05) is 0 Å². The standard InChI is InChI=1S/C9H9IN2/c1-2-6-3-4-8-7(5-6)9(10)12-11-8/h3-5H,2H2,1H3,(H,11,12). The fourth-order valence-corrected chi connectivity index (χ4v) is 1.80. The van der Waals surface area contributed by atoms with Crippen LogP contribution in [0.2, 0.25) is 0 Å². The van der Waals surface area contributed by atoms with Crippen LogP contribution in [-0.4, -0.2) is 10.2 Å². The van der Waals surface area contributed by atoms with E-state index in [0.717, 1.165) is 15.6 Å². The van der Waals surface area contributed by atoms with Crippen molar-refractivity contribution in [2.24, 2.45) is 0 Å². The third-order valence-electron chi connectivity index (χ3n) is 1.98. The summed E-state index contributed by atoms with van der Waals surface area (Å²) >= 11 is 2.27. The predicted octanol–water partition coefficient (Wildman–Crippen LogP) is 2.73. The summed E-state index contributed by atoms with van der Waals surface area (Å²) in [6, 6.07) is 6.38. The van der Waals surface area contributed by atoms with Crippen molar-refractivity contribution < 1.29 is 0 Å². The van der Waals surface area contributed by atoms with Gasteiger partial charge in [-0.2, -0.15) is 5.10 Å². The average Bonchev–Trinajstić information content (AvgIpc) is 2.47. The summed E-state index contributed by atoms with van der Waals surface area (Å²) in [6.07, 6.45) is 1.08. The van der Waals surface area contributed by atoms with Gasteiger partial charge >= 0.3 is 0 Å². The average molecular weight is 272 g/mol. The van der Waals surface area contributed by atoms with Crippen LogP contribution < -0.4 is 0 Å². The Hall–Kier alpha value is -0.580. The maximum absolute atomic E-state index is 4.16. The van der Waals surface area contributed by atoms with Gasteiger partial charge in [0, 0.05) is 5.39 Å². The molecule has 0 aliphatic rings. The Morgan fingerprint density at radius 1 is 1.50 bits per heavy atom. The van der Waals surface area contributed by atoms with E-state index in [1.54, 1.807) is 0 Å². The Morgan fingerprint density at radius 2 is 2.33 bits per heavy atom. The maximum Gasteiger partial charge on any atom is 0.104 e. The molecule has 0 bridgehead atoms. The molecule has 0 spiro atoms. The summed E-state index contributed by atoms with van der Waals surface area (Å²) in [6.45, 7) is 2.16. The number of nitrogens with one attached hydrogen (secondary N) is 1. The zero-order valence-corrected chi connectivity index (χ0v) is 8.92. The van der Waals surface area contributed by atoms with Gasteiger partial charge < -0.3 is 0 Å². The first-order chi connectivity index (χ1) is 5.81. The molecule has 0 aliphatic carbocycles. The number of aryl methyl sites for hydroxylation is 1. The molecule has 1 N–H and O–H groups in total. The molecule has 0 saturated heterocycles. The fourth-order valence-electron chi connectivity index (χ4n) is 1.25.